The predicted octanol–water partition coefficient (Wildman–Crippen LogP) is 7.45. The molecule has 3 unspecified atom stereocenters. The molecule has 12 nitrogen and oxygen atoms in total. The zero-order chi connectivity index (χ0) is 39.3. The van der Waals surface area contributed by atoms with Gasteiger partial charge < -0.3 is 34.0 Å². The fourth-order valence-corrected chi connectivity index (χ4v) is 9.15. The van der Waals surface area contributed by atoms with Crippen LogP contribution < -0.4 is 15.5 Å². The molecule has 5 aromatic rings. The Balaban J connectivity index is 1.07. The minimum atomic E-state index is -0.748. The molecule has 2 N–H and O–H groups in total. The number of nitrogens with one attached hydrogen (secondary N) is 2. The van der Waals surface area contributed by atoms with Gasteiger partial charge in [0.05, 0.1) is 62.9 Å². The van der Waals surface area contributed by atoms with E-state index in [0.29, 0.717) is 53.0 Å². The van der Waals surface area contributed by atoms with Crippen LogP contribution in [0, 0.1) is 11.7 Å². The first-order valence-electron chi connectivity index (χ1n) is 19.4. The van der Waals surface area contributed by atoms with E-state index < -0.39 is 42.5 Å². The Hall–Kier alpha value is -4.73. The molecule has 1 saturated carbocycles. The topological polar surface area (TPSA) is 133 Å². The first kappa shape index (κ1) is 36.9. The number of H-pyrrole nitrogens is 1. The van der Waals surface area contributed by atoms with Crippen molar-refractivity contribution in [1.29, 1.82) is 0 Å². The second-order valence-corrected chi connectivity index (χ2v) is 17.8. The highest BCUT2D eigenvalue weighted by molar-refractivity contribution is 7.11. The summed E-state index contributed by atoms with van der Waals surface area (Å²) in [6.07, 6.45) is 6.09. The van der Waals surface area contributed by atoms with E-state index in [4.69, 9.17) is 23.8 Å². The van der Waals surface area contributed by atoms with Crippen LogP contribution in [0.25, 0.3) is 33.4 Å². The van der Waals surface area contributed by atoms with Gasteiger partial charge in [0.1, 0.15) is 23.4 Å². The van der Waals surface area contributed by atoms with Crippen LogP contribution in [-0.4, -0.2) is 74.4 Å². The number of hydrogen-bond acceptors (Lipinski definition) is 9. The highest BCUT2D eigenvalue weighted by Gasteiger charge is 2.52. The number of likely N-dealkylation sites (tertiary alicyclic amines) is 1. The Morgan fingerprint density at radius 2 is 1.82 bits per heavy atom. The number of carbonyl (C=O) groups excluding carboxylic acids is 2. The summed E-state index contributed by atoms with van der Waals surface area (Å²) in [4.78, 5) is 41.3. The van der Waals surface area contributed by atoms with Gasteiger partial charge >= 0.3 is 13.2 Å². The zero-order valence-electron chi connectivity index (χ0n) is 32.6. The van der Waals surface area contributed by atoms with Crippen molar-refractivity contribution in [3.8, 4) is 28.3 Å². The summed E-state index contributed by atoms with van der Waals surface area (Å²) in [6.45, 7) is 12.4. The Morgan fingerprint density at radius 3 is 2.54 bits per heavy atom. The highest BCUT2D eigenvalue weighted by atomic mass is 32.1. The third kappa shape index (κ3) is 6.18. The van der Waals surface area contributed by atoms with Gasteiger partial charge in [-0.2, -0.15) is 0 Å². The smallest absolute Gasteiger partial charge is 0.464 e. The SMILES string of the molecule is COC(=O)NC(C(=O)N1CCCC1c1ncc(-c2cc(F)c3c(c2)OC(c2cnc(C4CC4)s2)n2c-3cc3cc(B4OC(C)(C)C(C)(C)O4)ccc32)[nH]1)C(C)C. The minimum absolute atomic E-state index is 0.154. The lowest BCUT2D eigenvalue weighted by molar-refractivity contribution is -0.135. The van der Waals surface area contributed by atoms with E-state index in [1.54, 1.807) is 22.4 Å². The molecule has 0 bridgehead atoms. The largest absolute Gasteiger partial charge is 0.494 e. The van der Waals surface area contributed by atoms with Crippen LogP contribution in [0.15, 0.2) is 48.8 Å². The number of amides is 2. The average molecular weight is 781 g/mol. The van der Waals surface area contributed by atoms with E-state index in [9.17, 15) is 9.59 Å². The molecule has 2 aromatic carbocycles. The van der Waals surface area contributed by atoms with Crippen molar-refractivity contribution in [2.45, 2.75) is 103 Å². The number of rotatable bonds is 8. The molecule has 3 atom stereocenters. The number of hydrogen-bond donors (Lipinski definition) is 2. The van der Waals surface area contributed by atoms with Crippen molar-refractivity contribution in [2.24, 2.45) is 5.92 Å². The van der Waals surface area contributed by atoms with Crippen LogP contribution in [-0.2, 0) is 18.8 Å². The third-order valence-corrected chi connectivity index (χ3v) is 13.2. The molecule has 56 heavy (non-hydrogen) atoms. The number of aromatic amines is 1. The maximum atomic E-state index is 16.7. The molecule has 0 radical (unpaired) electrons. The van der Waals surface area contributed by atoms with E-state index in [-0.39, 0.29) is 17.9 Å². The molecule has 4 aliphatic rings. The van der Waals surface area contributed by atoms with Gasteiger partial charge in [-0.05, 0) is 89.0 Å². The molecule has 6 heterocycles. The van der Waals surface area contributed by atoms with E-state index >= 15 is 4.39 Å². The summed E-state index contributed by atoms with van der Waals surface area (Å²) < 4.78 is 43.1. The fraction of sp³-hybridized carbons (Fsp3) is 0.463. The fourth-order valence-electron chi connectivity index (χ4n) is 8.04. The monoisotopic (exact) mass is 780 g/mol. The Bertz CT molecular complexity index is 2350. The molecule has 2 amide bonds. The minimum Gasteiger partial charge on any atom is -0.464 e. The predicted molar refractivity (Wildman–Crippen MR) is 211 cm³/mol. The quantitative estimate of drug-likeness (QED) is 0.155. The number of carbonyl (C=O) groups is 2. The van der Waals surface area contributed by atoms with Crippen molar-refractivity contribution in [1.82, 2.24) is 29.7 Å². The molecule has 3 aromatic heterocycles. The molecule has 2 saturated heterocycles. The number of imidazole rings is 1. The second-order valence-electron chi connectivity index (χ2n) is 16.7. The van der Waals surface area contributed by atoms with Crippen LogP contribution in [0.4, 0.5) is 9.18 Å². The van der Waals surface area contributed by atoms with Crippen molar-refractivity contribution in [3.63, 3.8) is 0 Å². The summed E-state index contributed by atoms with van der Waals surface area (Å²) >= 11 is 1.65. The number of thiazole rings is 1. The van der Waals surface area contributed by atoms with E-state index in [1.165, 1.54) is 13.2 Å². The van der Waals surface area contributed by atoms with Crippen LogP contribution in [0.3, 0.4) is 0 Å². The molecule has 15 heteroatoms. The number of nitrogens with zero attached hydrogens (tertiary/aromatic N) is 4. The van der Waals surface area contributed by atoms with Crippen LogP contribution in [0.1, 0.15) is 101 Å². The Labute approximate surface area is 329 Å². The summed E-state index contributed by atoms with van der Waals surface area (Å²) in [6, 6.07) is 10.4. The highest BCUT2D eigenvalue weighted by Crippen LogP contribution is 2.49. The summed E-state index contributed by atoms with van der Waals surface area (Å²) in [5.41, 5.74) is 3.05. The van der Waals surface area contributed by atoms with Crippen molar-refractivity contribution in [3.05, 3.63) is 70.3 Å². The molecule has 9 rings (SSSR count). The molecular weight excluding hydrogens is 734 g/mol. The number of alkyl carbamates (subject to hydrolysis) is 1. The van der Waals surface area contributed by atoms with E-state index in [2.05, 4.69) is 25.9 Å². The molecule has 3 fully saturated rings. The Morgan fingerprint density at radius 1 is 1.05 bits per heavy atom. The van der Waals surface area contributed by atoms with Crippen LogP contribution in [0.5, 0.6) is 5.75 Å². The molecule has 1 aliphatic carbocycles. The van der Waals surface area contributed by atoms with Gasteiger partial charge in [-0.3, -0.25) is 9.36 Å². The molecule has 292 valence electrons. The van der Waals surface area contributed by atoms with Gasteiger partial charge in [0.2, 0.25) is 12.1 Å². The summed E-state index contributed by atoms with van der Waals surface area (Å²) in [5, 5.41) is 4.70. The lowest BCUT2D eigenvalue weighted by atomic mass is 9.78. The lowest BCUT2D eigenvalue weighted by Crippen LogP contribution is -2.51. The number of ether oxygens (including phenoxy) is 2. The van der Waals surface area contributed by atoms with Crippen LogP contribution >= 0.6 is 11.3 Å². The van der Waals surface area contributed by atoms with Gasteiger partial charge in [0, 0.05) is 29.6 Å². The molecule has 0 spiro atoms. The number of halogens is 1. The first-order valence-corrected chi connectivity index (χ1v) is 20.2. The molecular formula is C41H46BFN6O6S. The maximum Gasteiger partial charge on any atom is 0.494 e. The van der Waals surface area contributed by atoms with Gasteiger partial charge in [0.15, 0.2) is 0 Å². The number of fused-ring (bicyclic) bond motifs is 5. The standard InChI is InChI=1S/C41H46BFN6O6S/c1-21(2)34(47-39(51)52-7)37(50)48-14-8-9-29(48)35-44-19-27(46-35)23-16-26(43)33-30-17-24-15-25(42-54-40(3,4)41(5,6)55-42)12-13-28(24)49(30)38(53-31(33)18-23)32-20-45-36(56-32)22-10-11-22/h12-13,15-22,29,34,38H,8-11,14H2,1-7H3,(H,44,46)(H,47,51). The number of benzene rings is 2. The molecule has 3 aliphatic heterocycles. The van der Waals surface area contributed by atoms with E-state index in [0.717, 1.165) is 45.5 Å². The van der Waals surface area contributed by atoms with Crippen LogP contribution in [0.2, 0.25) is 0 Å². The van der Waals surface area contributed by atoms with Crippen molar-refractivity contribution >= 4 is 46.8 Å². The van der Waals surface area contributed by atoms with Gasteiger partial charge in [0.25, 0.3) is 0 Å². The van der Waals surface area contributed by atoms with Gasteiger partial charge in [-0.25, -0.2) is 19.2 Å². The normalized spacial score (nSPS) is 21.6. The van der Waals surface area contributed by atoms with Crippen molar-refractivity contribution in [2.75, 3.05) is 13.7 Å². The lowest BCUT2D eigenvalue weighted by Gasteiger charge is -2.32. The summed E-state index contributed by atoms with van der Waals surface area (Å²) in [5.74, 6) is 0.707. The first-order chi connectivity index (χ1) is 26.7. The van der Waals surface area contributed by atoms with Gasteiger partial charge in [-0.1, -0.05) is 26.0 Å². The van der Waals surface area contributed by atoms with Crippen molar-refractivity contribution < 1.29 is 32.8 Å². The summed E-state index contributed by atoms with van der Waals surface area (Å²) in [7, 11) is 0.738. The van der Waals surface area contributed by atoms with E-state index in [1.807, 2.05) is 72.0 Å². The van der Waals surface area contributed by atoms with Gasteiger partial charge in [-0.15, -0.1) is 11.3 Å². The zero-order valence-corrected chi connectivity index (χ0v) is 33.5. The number of aromatic nitrogens is 4. The average Bonchev–Trinajstić information content (AvgIpc) is 3.62. The maximum absolute atomic E-state index is 16.7. The Kier molecular flexibility index (Phi) is 8.86. The number of methoxy groups -OCH3 is 1. The third-order valence-electron chi connectivity index (χ3n) is 12.0. The second kappa shape index (κ2) is 13.4.